The number of amides is 2. The fourth-order valence-electron chi connectivity index (χ4n) is 1.82. The van der Waals surface area contributed by atoms with Gasteiger partial charge in [-0.1, -0.05) is 20.8 Å². The molecule has 1 aliphatic rings. The summed E-state index contributed by atoms with van der Waals surface area (Å²) in [5.41, 5.74) is -6.20. The standard InChI is InChI=1S/C13H12F3NO5S2/c1-12(2,3)23-7-4-5-8-9(6-7)11(19)17(10(8)18)22-24(20,21)13(14,15)16/h4-6H,1-3H3. The summed E-state index contributed by atoms with van der Waals surface area (Å²) < 4.78 is 62.6. The van der Waals surface area contributed by atoms with Gasteiger partial charge < -0.3 is 0 Å². The second kappa shape index (κ2) is 5.74. The Morgan fingerprint density at radius 3 is 2.08 bits per heavy atom. The summed E-state index contributed by atoms with van der Waals surface area (Å²) in [5.74, 6) is -2.53. The maximum absolute atomic E-state index is 12.4. The quantitative estimate of drug-likeness (QED) is 0.454. The van der Waals surface area contributed by atoms with Crippen LogP contribution in [0.2, 0.25) is 0 Å². The van der Waals surface area contributed by atoms with Crippen LogP contribution in [0.5, 0.6) is 0 Å². The van der Waals surface area contributed by atoms with E-state index in [0.717, 1.165) is 0 Å². The van der Waals surface area contributed by atoms with E-state index in [0.29, 0.717) is 4.90 Å². The number of benzene rings is 1. The number of nitrogens with zero attached hydrogens (tertiary/aromatic N) is 1. The number of rotatable bonds is 3. The molecular formula is C13H12F3NO5S2. The number of fused-ring (bicyclic) bond motifs is 1. The zero-order valence-electron chi connectivity index (χ0n) is 12.7. The van der Waals surface area contributed by atoms with Gasteiger partial charge in [0.2, 0.25) is 0 Å². The van der Waals surface area contributed by atoms with E-state index in [2.05, 4.69) is 4.28 Å². The van der Waals surface area contributed by atoms with Crippen molar-refractivity contribution >= 4 is 33.7 Å². The molecule has 0 fully saturated rings. The Morgan fingerprint density at radius 2 is 1.58 bits per heavy atom. The van der Waals surface area contributed by atoms with E-state index in [1.54, 1.807) is 0 Å². The Bertz CT molecular complexity index is 812. The molecule has 2 rings (SSSR count). The summed E-state index contributed by atoms with van der Waals surface area (Å²) in [6.07, 6.45) is 0. The number of carbonyl (C=O) groups is 2. The smallest absolute Gasteiger partial charge is 0.266 e. The fraction of sp³-hybridized carbons (Fsp3) is 0.385. The molecule has 0 aliphatic carbocycles. The number of carbonyl (C=O) groups excluding carboxylic acids is 2. The third-order valence-corrected chi connectivity index (χ3v) is 4.72. The van der Waals surface area contributed by atoms with Crippen molar-refractivity contribution in [3.8, 4) is 0 Å². The third-order valence-electron chi connectivity index (χ3n) is 2.70. The molecule has 1 aliphatic heterocycles. The third kappa shape index (κ3) is 3.57. The van der Waals surface area contributed by atoms with E-state index in [1.165, 1.54) is 30.0 Å². The molecule has 24 heavy (non-hydrogen) atoms. The highest BCUT2D eigenvalue weighted by atomic mass is 32.2. The molecule has 0 unspecified atom stereocenters. The SMILES string of the molecule is CC(C)(C)Sc1ccc2c(c1)C(=O)N(OS(=O)(=O)C(F)(F)F)C2=O. The summed E-state index contributed by atoms with van der Waals surface area (Å²) in [6, 6.07) is 4.07. The van der Waals surface area contributed by atoms with Gasteiger partial charge in [-0.15, -0.1) is 21.1 Å². The molecule has 132 valence electrons. The molecule has 0 radical (unpaired) electrons. The van der Waals surface area contributed by atoms with Crippen molar-refractivity contribution in [2.24, 2.45) is 0 Å². The van der Waals surface area contributed by atoms with Gasteiger partial charge in [-0.05, 0) is 18.2 Å². The molecule has 1 heterocycles. The van der Waals surface area contributed by atoms with Gasteiger partial charge in [-0.25, -0.2) is 0 Å². The highest BCUT2D eigenvalue weighted by Gasteiger charge is 2.52. The highest BCUT2D eigenvalue weighted by Crippen LogP contribution is 2.36. The predicted molar refractivity (Wildman–Crippen MR) is 78.6 cm³/mol. The van der Waals surface area contributed by atoms with E-state index in [-0.39, 0.29) is 20.9 Å². The molecule has 6 nitrogen and oxygen atoms in total. The van der Waals surface area contributed by atoms with Gasteiger partial charge in [0.1, 0.15) is 0 Å². The minimum atomic E-state index is -6.12. The van der Waals surface area contributed by atoms with Gasteiger partial charge >= 0.3 is 15.6 Å². The maximum atomic E-state index is 12.4. The van der Waals surface area contributed by atoms with Crippen molar-refractivity contribution < 1.29 is 35.5 Å². The largest absolute Gasteiger partial charge is 0.525 e. The fourth-order valence-corrected chi connectivity index (χ4v) is 3.26. The molecule has 2 amide bonds. The van der Waals surface area contributed by atoms with Crippen molar-refractivity contribution in [1.29, 1.82) is 0 Å². The second-order valence-electron chi connectivity index (χ2n) is 5.80. The molecular weight excluding hydrogens is 371 g/mol. The lowest BCUT2D eigenvalue weighted by Crippen LogP contribution is -2.37. The van der Waals surface area contributed by atoms with Gasteiger partial charge in [0.25, 0.3) is 11.8 Å². The van der Waals surface area contributed by atoms with Crippen LogP contribution in [0.3, 0.4) is 0 Å². The Morgan fingerprint density at radius 1 is 1.04 bits per heavy atom. The molecule has 0 spiro atoms. The first-order valence-electron chi connectivity index (χ1n) is 6.46. The molecule has 0 atom stereocenters. The zero-order valence-corrected chi connectivity index (χ0v) is 14.3. The van der Waals surface area contributed by atoms with E-state index in [9.17, 15) is 31.2 Å². The van der Waals surface area contributed by atoms with Crippen LogP contribution in [0.4, 0.5) is 13.2 Å². The van der Waals surface area contributed by atoms with Crippen molar-refractivity contribution in [2.45, 2.75) is 35.9 Å². The molecule has 0 saturated heterocycles. The first-order valence-corrected chi connectivity index (χ1v) is 8.68. The average molecular weight is 383 g/mol. The summed E-state index contributed by atoms with van der Waals surface area (Å²) in [4.78, 5) is 24.6. The highest BCUT2D eigenvalue weighted by molar-refractivity contribution is 8.00. The van der Waals surface area contributed by atoms with Crippen molar-refractivity contribution in [3.63, 3.8) is 0 Å². The summed E-state index contributed by atoms with van der Waals surface area (Å²) in [7, 11) is -6.12. The number of thioether (sulfide) groups is 1. The Balaban J connectivity index is 2.35. The zero-order chi connectivity index (χ0) is 18.5. The topological polar surface area (TPSA) is 80.8 Å². The monoisotopic (exact) mass is 383 g/mol. The minimum absolute atomic E-state index is 0.213. The first-order chi connectivity index (χ1) is 10.7. The van der Waals surface area contributed by atoms with Gasteiger partial charge in [0.05, 0.1) is 11.1 Å². The van der Waals surface area contributed by atoms with Gasteiger partial charge in [0.15, 0.2) is 0 Å². The Labute approximate surface area is 140 Å². The van der Waals surface area contributed by atoms with Crippen molar-refractivity contribution in [1.82, 2.24) is 5.06 Å². The van der Waals surface area contributed by atoms with Gasteiger partial charge in [0, 0.05) is 9.64 Å². The van der Waals surface area contributed by atoms with Crippen LogP contribution in [0.25, 0.3) is 0 Å². The molecule has 0 saturated carbocycles. The second-order valence-corrected chi connectivity index (χ2v) is 9.22. The van der Waals surface area contributed by atoms with Crippen molar-refractivity contribution in [3.05, 3.63) is 29.3 Å². The van der Waals surface area contributed by atoms with E-state index >= 15 is 0 Å². The normalized spacial score (nSPS) is 15.8. The Hall–Kier alpha value is -1.59. The Kier molecular flexibility index (Phi) is 4.48. The van der Waals surface area contributed by atoms with E-state index < -0.39 is 27.4 Å². The van der Waals surface area contributed by atoms with E-state index in [4.69, 9.17) is 0 Å². The van der Waals surface area contributed by atoms with Crippen LogP contribution in [0, 0.1) is 0 Å². The van der Waals surface area contributed by atoms with Crippen molar-refractivity contribution in [2.75, 3.05) is 0 Å². The molecule has 1 aromatic carbocycles. The predicted octanol–water partition coefficient (Wildman–Crippen LogP) is 2.95. The van der Waals surface area contributed by atoms with Crippen LogP contribution in [-0.4, -0.2) is 35.6 Å². The number of hydrogen-bond donors (Lipinski definition) is 0. The van der Waals surface area contributed by atoms with Crippen LogP contribution in [-0.2, 0) is 14.4 Å². The number of halogens is 3. The lowest BCUT2D eigenvalue weighted by molar-refractivity contribution is -0.0748. The lowest BCUT2D eigenvalue weighted by Gasteiger charge is -2.17. The number of alkyl halides is 3. The van der Waals surface area contributed by atoms with Crippen LogP contribution < -0.4 is 0 Å². The van der Waals surface area contributed by atoms with Gasteiger partial charge in [-0.2, -0.15) is 21.6 Å². The summed E-state index contributed by atoms with van der Waals surface area (Å²) >= 11 is 1.37. The minimum Gasteiger partial charge on any atom is -0.266 e. The van der Waals surface area contributed by atoms with Gasteiger partial charge in [-0.3, -0.25) is 9.59 Å². The number of hydroxylamine groups is 2. The molecule has 1 aromatic rings. The number of hydrogen-bond acceptors (Lipinski definition) is 6. The lowest BCUT2D eigenvalue weighted by atomic mass is 10.1. The maximum Gasteiger partial charge on any atom is 0.525 e. The van der Waals surface area contributed by atoms with Crippen LogP contribution in [0.1, 0.15) is 41.5 Å². The molecule has 0 aromatic heterocycles. The molecule has 0 bridgehead atoms. The molecule has 11 heteroatoms. The number of imide groups is 1. The first kappa shape index (κ1) is 18.7. The average Bonchev–Trinajstić information content (AvgIpc) is 2.60. The summed E-state index contributed by atoms with van der Waals surface area (Å²) in [6.45, 7) is 5.72. The molecule has 0 N–H and O–H groups in total. The van der Waals surface area contributed by atoms with Crippen LogP contribution in [0.15, 0.2) is 23.1 Å². The van der Waals surface area contributed by atoms with E-state index in [1.807, 2.05) is 20.8 Å². The van der Waals surface area contributed by atoms with Crippen LogP contribution >= 0.6 is 11.8 Å². The summed E-state index contributed by atoms with van der Waals surface area (Å²) in [5, 5.41) is -0.390.